The van der Waals surface area contributed by atoms with Crippen LogP contribution in [0.1, 0.15) is 51.0 Å². The van der Waals surface area contributed by atoms with Crippen LogP contribution in [-0.4, -0.2) is 62.8 Å². The van der Waals surface area contributed by atoms with Crippen molar-refractivity contribution in [1.82, 2.24) is 30.2 Å². The van der Waals surface area contributed by atoms with Crippen molar-refractivity contribution in [3.8, 4) is 0 Å². The molecule has 12 heteroatoms. The molecular formula is C24H29ClN8O2S. The normalized spacial score (nSPS) is 14.2. The van der Waals surface area contributed by atoms with Gasteiger partial charge in [0.05, 0.1) is 28.9 Å². The van der Waals surface area contributed by atoms with E-state index in [0.29, 0.717) is 34.8 Å². The zero-order chi connectivity index (χ0) is 26.0. The fourth-order valence-electron chi connectivity index (χ4n) is 3.99. The molecule has 1 aliphatic rings. The Kier molecular flexibility index (Phi) is 7.72. The summed E-state index contributed by atoms with van der Waals surface area (Å²) >= 11 is 7.94. The SMILES string of the molecule is CCN(CC)CCNC(=O)c1c[nH]c(C=C2C(=O)N(Cc3nc(C)c(C)s3)c3nc(N)nc(Cl)c32)c1. The maximum Gasteiger partial charge on any atom is 0.260 e. The summed E-state index contributed by atoms with van der Waals surface area (Å²) in [5, 5.41) is 3.80. The van der Waals surface area contributed by atoms with Gasteiger partial charge in [-0.25, -0.2) is 9.97 Å². The molecule has 0 atom stereocenters. The van der Waals surface area contributed by atoms with Crippen molar-refractivity contribution in [3.05, 3.63) is 49.8 Å². The van der Waals surface area contributed by atoms with Gasteiger partial charge in [-0.05, 0) is 39.1 Å². The number of thiazole rings is 1. The molecule has 190 valence electrons. The number of aryl methyl sites for hydroxylation is 2. The second-order valence-electron chi connectivity index (χ2n) is 8.40. The third kappa shape index (κ3) is 5.28. The Hall–Kier alpha value is -3.28. The van der Waals surface area contributed by atoms with Gasteiger partial charge in [0.1, 0.15) is 10.2 Å². The quantitative estimate of drug-likeness (QED) is 0.286. The van der Waals surface area contributed by atoms with E-state index in [-0.39, 0.29) is 29.5 Å². The number of amides is 2. The zero-order valence-corrected chi connectivity index (χ0v) is 22.3. The molecule has 0 aromatic carbocycles. The van der Waals surface area contributed by atoms with E-state index in [9.17, 15) is 9.59 Å². The van der Waals surface area contributed by atoms with Crippen LogP contribution in [0.4, 0.5) is 11.8 Å². The summed E-state index contributed by atoms with van der Waals surface area (Å²) in [7, 11) is 0. The average molecular weight is 529 g/mol. The first-order valence-electron chi connectivity index (χ1n) is 11.7. The highest BCUT2D eigenvalue weighted by Gasteiger charge is 2.37. The van der Waals surface area contributed by atoms with E-state index in [2.05, 4.69) is 44.0 Å². The fourth-order valence-corrected chi connectivity index (χ4v) is 5.18. The lowest BCUT2D eigenvalue weighted by Gasteiger charge is -2.17. The minimum atomic E-state index is -0.294. The molecule has 0 saturated carbocycles. The number of H-pyrrole nitrogens is 1. The van der Waals surface area contributed by atoms with Gasteiger partial charge in [-0.15, -0.1) is 11.3 Å². The molecule has 0 unspecified atom stereocenters. The number of hydrogen-bond donors (Lipinski definition) is 3. The summed E-state index contributed by atoms with van der Waals surface area (Å²) in [6.07, 6.45) is 3.26. The summed E-state index contributed by atoms with van der Waals surface area (Å²) < 4.78 is 0. The molecule has 3 aromatic rings. The third-order valence-electron chi connectivity index (χ3n) is 6.11. The van der Waals surface area contributed by atoms with Crippen molar-refractivity contribution in [2.75, 3.05) is 36.8 Å². The van der Waals surface area contributed by atoms with Gasteiger partial charge in [-0.2, -0.15) is 4.98 Å². The van der Waals surface area contributed by atoms with Crippen LogP contribution in [-0.2, 0) is 11.3 Å². The molecule has 0 fully saturated rings. The fraction of sp³-hybridized carbons (Fsp3) is 0.375. The highest BCUT2D eigenvalue weighted by molar-refractivity contribution is 7.11. The second-order valence-corrected chi connectivity index (χ2v) is 10.0. The van der Waals surface area contributed by atoms with E-state index in [1.165, 1.54) is 16.2 Å². The highest BCUT2D eigenvalue weighted by Crippen LogP contribution is 2.41. The minimum absolute atomic E-state index is 0.0205. The number of rotatable bonds is 9. The van der Waals surface area contributed by atoms with Crippen LogP contribution in [0.5, 0.6) is 0 Å². The Morgan fingerprint density at radius 2 is 2.03 bits per heavy atom. The molecule has 2 amide bonds. The number of nitrogen functional groups attached to an aromatic ring is 1. The maximum atomic E-state index is 13.5. The number of halogens is 1. The Labute approximate surface area is 218 Å². The van der Waals surface area contributed by atoms with E-state index >= 15 is 0 Å². The monoisotopic (exact) mass is 528 g/mol. The maximum absolute atomic E-state index is 13.5. The number of nitrogens with zero attached hydrogens (tertiary/aromatic N) is 5. The molecule has 0 spiro atoms. The van der Waals surface area contributed by atoms with Gasteiger partial charge in [0.25, 0.3) is 11.8 Å². The largest absolute Gasteiger partial charge is 0.368 e. The third-order valence-corrected chi connectivity index (χ3v) is 7.44. The highest BCUT2D eigenvalue weighted by atomic mass is 35.5. The molecular weight excluding hydrogens is 500 g/mol. The smallest absolute Gasteiger partial charge is 0.260 e. The lowest BCUT2D eigenvalue weighted by Crippen LogP contribution is -2.34. The van der Waals surface area contributed by atoms with E-state index in [1.807, 2.05) is 13.8 Å². The number of aromatic amines is 1. The zero-order valence-electron chi connectivity index (χ0n) is 20.7. The number of nitrogens with one attached hydrogen (secondary N) is 2. The van der Waals surface area contributed by atoms with E-state index < -0.39 is 0 Å². The molecule has 0 radical (unpaired) electrons. The van der Waals surface area contributed by atoms with Crippen molar-refractivity contribution in [2.24, 2.45) is 0 Å². The summed E-state index contributed by atoms with van der Waals surface area (Å²) in [5.74, 6) is -0.161. The van der Waals surface area contributed by atoms with Crippen molar-refractivity contribution in [1.29, 1.82) is 0 Å². The molecule has 1 aliphatic heterocycles. The van der Waals surface area contributed by atoms with Crippen LogP contribution in [0.25, 0.3) is 11.6 Å². The van der Waals surface area contributed by atoms with Gasteiger partial charge in [0.2, 0.25) is 5.95 Å². The summed E-state index contributed by atoms with van der Waals surface area (Å²) in [6.45, 7) is 11.5. The Bertz CT molecular complexity index is 1310. The van der Waals surface area contributed by atoms with Crippen molar-refractivity contribution < 1.29 is 9.59 Å². The van der Waals surface area contributed by atoms with Crippen molar-refractivity contribution in [3.63, 3.8) is 0 Å². The summed E-state index contributed by atoms with van der Waals surface area (Å²) in [6, 6.07) is 1.69. The summed E-state index contributed by atoms with van der Waals surface area (Å²) in [4.78, 5) is 46.9. The first-order valence-corrected chi connectivity index (χ1v) is 12.9. The van der Waals surface area contributed by atoms with Gasteiger partial charge in [-0.3, -0.25) is 14.5 Å². The minimum Gasteiger partial charge on any atom is -0.368 e. The number of hydrogen-bond acceptors (Lipinski definition) is 8. The van der Waals surface area contributed by atoms with Crippen molar-refractivity contribution >= 4 is 58.2 Å². The Morgan fingerprint density at radius 3 is 2.69 bits per heavy atom. The van der Waals surface area contributed by atoms with E-state index in [0.717, 1.165) is 35.2 Å². The lowest BCUT2D eigenvalue weighted by atomic mass is 10.1. The van der Waals surface area contributed by atoms with Crippen LogP contribution in [0.3, 0.4) is 0 Å². The Morgan fingerprint density at radius 1 is 1.28 bits per heavy atom. The second kappa shape index (κ2) is 10.8. The molecule has 4 N–H and O–H groups in total. The standard InChI is InChI=1S/C24H29ClN8O2S/c1-5-32(6-2)8-7-27-22(34)15-9-16(28-11-15)10-17-19-20(25)30-24(26)31-21(19)33(23(17)35)12-18-29-13(3)14(4)36-18/h9-11,28H,5-8,12H2,1-4H3,(H,27,34)(H2,26,30,31). The average Bonchev–Trinajstić information content (AvgIpc) is 3.50. The van der Waals surface area contributed by atoms with Gasteiger partial charge in [0.15, 0.2) is 5.82 Å². The van der Waals surface area contributed by atoms with E-state index in [1.54, 1.807) is 18.3 Å². The molecule has 0 aliphatic carbocycles. The topological polar surface area (TPSA) is 133 Å². The van der Waals surface area contributed by atoms with Gasteiger partial charge >= 0.3 is 0 Å². The molecule has 36 heavy (non-hydrogen) atoms. The first-order chi connectivity index (χ1) is 17.2. The molecule has 3 aromatic heterocycles. The predicted molar refractivity (Wildman–Crippen MR) is 143 cm³/mol. The molecule has 4 heterocycles. The van der Waals surface area contributed by atoms with Crippen LogP contribution < -0.4 is 16.0 Å². The van der Waals surface area contributed by atoms with Crippen LogP contribution in [0.2, 0.25) is 5.15 Å². The molecule has 10 nitrogen and oxygen atoms in total. The number of aromatic nitrogens is 4. The first kappa shape index (κ1) is 25.8. The molecule has 0 bridgehead atoms. The van der Waals surface area contributed by atoms with Crippen LogP contribution in [0, 0.1) is 13.8 Å². The Balaban J connectivity index is 1.58. The number of anilines is 2. The van der Waals surface area contributed by atoms with Gasteiger partial charge in [0, 0.05) is 29.9 Å². The number of likely N-dealkylation sites (N-methyl/N-ethyl adjacent to an activating group) is 1. The van der Waals surface area contributed by atoms with Crippen LogP contribution in [0.15, 0.2) is 12.3 Å². The molecule has 4 rings (SSSR count). The van der Waals surface area contributed by atoms with Gasteiger partial charge in [-0.1, -0.05) is 25.4 Å². The van der Waals surface area contributed by atoms with Crippen molar-refractivity contribution in [2.45, 2.75) is 34.2 Å². The number of carbonyl (C=O) groups is 2. The number of carbonyl (C=O) groups excluding carboxylic acids is 2. The summed E-state index contributed by atoms with van der Waals surface area (Å²) in [5.41, 5.74) is 8.53. The number of nitrogens with two attached hydrogens (primary N) is 1. The molecule has 0 saturated heterocycles. The lowest BCUT2D eigenvalue weighted by molar-refractivity contribution is -0.113. The van der Waals surface area contributed by atoms with Gasteiger partial charge < -0.3 is 20.9 Å². The van der Waals surface area contributed by atoms with E-state index in [4.69, 9.17) is 17.3 Å². The number of fused-ring (bicyclic) bond motifs is 1. The predicted octanol–water partition coefficient (Wildman–Crippen LogP) is 3.27. The van der Waals surface area contributed by atoms with Crippen LogP contribution >= 0.6 is 22.9 Å².